The monoisotopic (exact) mass is 872 g/mol. The molecule has 16 nitrogen and oxygen atoms in total. The van der Waals surface area contributed by atoms with Crippen molar-refractivity contribution in [3.8, 4) is 28.1 Å². The third-order valence-corrected chi connectivity index (χ3v) is 13.3. The van der Waals surface area contributed by atoms with Gasteiger partial charge in [-0.2, -0.15) is 0 Å². The summed E-state index contributed by atoms with van der Waals surface area (Å²) in [6.45, 7) is 5.93. The fourth-order valence-corrected chi connectivity index (χ4v) is 10.0. The van der Waals surface area contributed by atoms with Gasteiger partial charge in [0.2, 0.25) is 5.91 Å². The maximum Gasteiger partial charge on any atom is 0.407 e. The minimum atomic E-state index is -0.923. The van der Waals surface area contributed by atoms with Gasteiger partial charge in [-0.05, 0) is 77.9 Å². The number of aliphatic hydroxyl groups is 1. The van der Waals surface area contributed by atoms with Crippen molar-refractivity contribution in [1.29, 1.82) is 0 Å². The Balaban J connectivity index is 0.962. The van der Waals surface area contributed by atoms with E-state index in [0.29, 0.717) is 45.0 Å². The van der Waals surface area contributed by atoms with Gasteiger partial charge in [-0.3, -0.25) is 9.69 Å². The van der Waals surface area contributed by atoms with E-state index in [-0.39, 0.29) is 35.7 Å². The lowest BCUT2D eigenvalue weighted by Crippen LogP contribution is -2.54. The third kappa shape index (κ3) is 8.21. The van der Waals surface area contributed by atoms with Crippen LogP contribution >= 0.6 is 0 Å². The number of hydrogen-bond donors (Lipinski definition) is 5. The average molecular weight is 873 g/mol. The van der Waals surface area contributed by atoms with Crippen LogP contribution in [0.5, 0.6) is 5.75 Å². The van der Waals surface area contributed by atoms with Crippen LogP contribution in [-0.4, -0.2) is 112 Å². The summed E-state index contributed by atoms with van der Waals surface area (Å²) >= 11 is 0. The molecular weight excluding hydrogens is 817 g/mol. The molecule has 0 bridgehead atoms. The molecule has 4 aliphatic rings. The molecule has 5 N–H and O–H groups in total. The van der Waals surface area contributed by atoms with Crippen molar-refractivity contribution in [3.63, 3.8) is 0 Å². The summed E-state index contributed by atoms with van der Waals surface area (Å²) in [5.41, 5.74) is 6.60. The van der Waals surface area contributed by atoms with Gasteiger partial charge in [0.1, 0.15) is 36.3 Å². The van der Waals surface area contributed by atoms with Crippen LogP contribution in [0.15, 0.2) is 73.0 Å². The fraction of sp³-hybridized carbons (Fsp3) is 0.438. The van der Waals surface area contributed by atoms with E-state index in [1.165, 1.54) is 14.2 Å². The van der Waals surface area contributed by atoms with E-state index in [9.17, 15) is 19.5 Å². The number of carbonyl (C=O) groups is 3. The highest BCUT2D eigenvalue weighted by atomic mass is 16.5. The Morgan fingerprint density at radius 1 is 0.969 bits per heavy atom. The summed E-state index contributed by atoms with van der Waals surface area (Å²) < 4.78 is 21.7. The van der Waals surface area contributed by atoms with E-state index >= 15 is 0 Å². The van der Waals surface area contributed by atoms with Crippen LogP contribution in [0.1, 0.15) is 68.8 Å². The Hall–Kier alpha value is -6.23. The average Bonchev–Trinajstić information content (AvgIpc) is 4.15. The zero-order valence-corrected chi connectivity index (χ0v) is 36.8. The maximum absolute atomic E-state index is 14.3. The highest BCUT2D eigenvalue weighted by Crippen LogP contribution is 2.44. The van der Waals surface area contributed by atoms with Crippen molar-refractivity contribution >= 4 is 39.9 Å². The molecule has 1 aliphatic carbocycles. The van der Waals surface area contributed by atoms with Crippen molar-refractivity contribution < 1.29 is 38.4 Å². The van der Waals surface area contributed by atoms with Crippen LogP contribution in [-0.2, 0) is 25.6 Å². The fourth-order valence-electron chi connectivity index (χ4n) is 10.0. The van der Waals surface area contributed by atoms with E-state index in [1.54, 1.807) is 7.11 Å². The predicted octanol–water partition coefficient (Wildman–Crippen LogP) is 6.89. The first kappa shape index (κ1) is 43.0. The summed E-state index contributed by atoms with van der Waals surface area (Å²) in [5.74, 6) is 1.87. The molecule has 3 aliphatic heterocycles. The van der Waals surface area contributed by atoms with Crippen LogP contribution in [0.25, 0.3) is 44.2 Å². The summed E-state index contributed by atoms with van der Waals surface area (Å²) in [6.07, 6.45) is 10.4. The number of amides is 3. The number of aromatic amines is 2. The second-order valence-corrected chi connectivity index (χ2v) is 17.6. The SMILES string of the molecule is COC[C@H]1C[C@@H](c2ncc(-c3ccc4c(c3)COc3cc5c(ccc6[nH]c([C@@H]7CCCN7C(O)[C@@H](NC(=O)OC)C(C)C)nc65)cc3-4)[nH]2)N(C(=O)[C@H](NC(=O)OC)C2C=CC=CC2)C1. The number of rotatable bonds is 12. The molecule has 3 amide bonds. The lowest BCUT2D eigenvalue weighted by atomic mass is 9.91. The van der Waals surface area contributed by atoms with Crippen molar-refractivity contribution in [2.75, 3.05) is 41.0 Å². The topological polar surface area (TPSA) is 196 Å². The number of benzene rings is 3. The number of imidazole rings is 2. The molecule has 0 saturated carbocycles. The minimum Gasteiger partial charge on any atom is -0.488 e. The zero-order chi connectivity index (χ0) is 44.6. The van der Waals surface area contributed by atoms with E-state index in [0.717, 1.165) is 74.2 Å². The number of allylic oxidation sites excluding steroid dienone is 3. The lowest BCUT2D eigenvalue weighted by molar-refractivity contribution is -0.135. The smallest absolute Gasteiger partial charge is 0.407 e. The number of aliphatic hydroxyl groups excluding tert-OH is 1. The molecule has 336 valence electrons. The molecule has 9 rings (SSSR count). The molecule has 7 atom stereocenters. The highest BCUT2D eigenvalue weighted by Gasteiger charge is 2.43. The van der Waals surface area contributed by atoms with Gasteiger partial charge in [-0.25, -0.2) is 19.6 Å². The molecule has 0 spiro atoms. The Morgan fingerprint density at radius 2 is 1.80 bits per heavy atom. The van der Waals surface area contributed by atoms with Gasteiger partial charge >= 0.3 is 12.2 Å². The van der Waals surface area contributed by atoms with Crippen LogP contribution in [0, 0.1) is 17.8 Å². The van der Waals surface area contributed by atoms with Gasteiger partial charge in [0, 0.05) is 43.0 Å². The first-order chi connectivity index (χ1) is 31.0. The number of aromatic nitrogens is 4. The minimum absolute atomic E-state index is 0.0294. The molecule has 64 heavy (non-hydrogen) atoms. The summed E-state index contributed by atoms with van der Waals surface area (Å²) in [6, 6.07) is 12.9. The Labute approximate surface area is 371 Å². The number of nitrogens with one attached hydrogen (secondary N) is 4. The number of ether oxygens (including phenoxy) is 4. The van der Waals surface area contributed by atoms with Gasteiger partial charge < -0.3 is 49.6 Å². The molecule has 2 saturated heterocycles. The van der Waals surface area contributed by atoms with E-state index in [1.807, 2.05) is 60.2 Å². The first-order valence-electron chi connectivity index (χ1n) is 22.1. The number of hydrogen-bond acceptors (Lipinski definition) is 11. The largest absolute Gasteiger partial charge is 0.488 e. The van der Waals surface area contributed by atoms with Crippen molar-refractivity contribution in [1.82, 2.24) is 40.4 Å². The van der Waals surface area contributed by atoms with Gasteiger partial charge in [-0.1, -0.05) is 56.4 Å². The Bertz CT molecular complexity index is 2620. The third-order valence-electron chi connectivity index (χ3n) is 13.3. The quantitative estimate of drug-likeness (QED) is 0.0876. The molecule has 16 heteroatoms. The number of fused-ring (bicyclic) bond motifs is 6. The molecule has 5 heterocycles. The molecule has 0 radical (unpaired) electrons. The number of likely N-dealkylation sites (tertiary alicyclic amines) is 2. The van der Waals surface area contributed by atoms with Gasteiger partial charge in [0.15, 0.2) is 0 Å². The summed E-state index contributed by atoms with van der Waals surface area (Å²) in [5, 5.41) is 19.2. The van der Waals surface area contributed by atoms with Gasteiger partial charge in [0.25, 0.3) is 0 Å². The molecule has 2 fully saturated rings. The lowest BCUT2D eigenvalue weighted by Gasteiger charge is -2.35. The maximum atomic E-state index is 14.3. The number of alkyl carbamates (subject to hydrolysis) is 2. The first-order valence-corrected chi connectivity index (χ1v) is 22.1. The highest BCUT2D eigenvalue weighted by molar-refractivity contribution is 6.07. The normalized spacial score (nSPS) is 22.0. The number of methoxy groups -OCH3 is 3. The van der Waals surface area contributed by atoms with Crippen molar-refractivity contribution in [2.24, 2.45) is 17.8 Å². The van der Waals surface area contributed by atoms with Crippen LogP contribution < -0.4 is 15.4 Å². The second kappa shape index (κ2) is 18.1. The molecule has 2 unspecified atom stereocenters. The van der Waals surface area contributed by atoms with E-state index in [4.69, 9.17) is 28.9 Å². The van der Waals surface area contributed by atoms with Crippen molar-refractivity contribution in [3.05, 3.63) is 90.2 Å². The number of nitrogens with zero attached hydrogens (tertiary/aromatic N) is 4. The summed E-state index contributed by atoms with van der Waals surface area (Å²) in [7, 11) is 4.28. The molecular formula is C48H56N8O8. The molecule has 3 aromatic carbocycles. The summed E-state index contributed by atoms with van der Waals surface area (Å²) in [4.78, 5) is 59.8. The predicted molar refractivity (Wildman–Crippen MR) is 240 cm³/mol. The van der Waals surface area contributed by atoms with E-state index in [2.05, 4.69) is 57.0 Å². The van der Waals surface area contributed by atoms with Crippen LogP contribution in [0.4, 0.5) is 9.59 Å². The second-order valence-electron chi connectivity index (χ2n) is 17.6. The molecule has 5 aromatic rings. The van der Waals surface area contributed by atoms with Crippen LogP contribution in [0.2, 0.25) is 0 Å². The van der Waals surface area contributed by atoms with Crippen molar-refractivity contribution in [2.45, 2.75) is 76.5 Å². The molecule has 2 aromatic heterocycles. The van der Waals surface area contributed by atoms with Gasteiger partial charge in [-0.15, -0.1) is 0 Å². The Morgan fingerprint density at radius 3 is 2.56 bits per heavy atom. The van der Waals surface area contributed by atoms with Crippen LogP contribution in [0.3, 0.4) is 0 Å². The van der Waals surface area contributed by atoms with E-state index < -0.39 is 30.5 Å². The standard InChI is InChI=1S/C48H56N8O8/c1-26(2)40(53-47(59)62-4)45(57)55-17-9-12-37(55)44-50-35-16-14-29-20-34-32-15-13-30(19-31(32)25-64-39(34)21-33(29)42(35)52-44)36-22-49-43(51-36)38-18-27(24-61-3)23-56(38)46(58)41(54-48(60)63-5)28-10-7-6-8-11-28/h6-8,10,13-16,19-22,26-28,37-38,40-41,45,57H,9,11-12,17-18,23-25H2,1-5H3,(H,49,51)(H,50,52)(H,53,59)(H,54,60)/t27-,28?,37-,38-,40-,41+,45?/m0/s1. The Kier molecular flexibility index (Phi) is 12.2. The van der Waals surface area contributed by atoms with Gasteiger partial charge in [0.05, 0.1) is 61.9 Å². The zero-order valence-electron chi connectivity index (χ0n) is 36.8. The number of carbonyl (C=O) groups excluding carboxylic acids is 3. The number of H-pyrrole nitrogens is 2.